The first-order chi connectivity index (χ1) is 19.0. The normalized spacial score (nSPS) is 18.6. The fourth-order valence-electron chi connectivity index (χ4n) is 6.48. The Bertz CT molecular complexity index is 1790. The summed E-state index contributed by atoms with van der Waals surface area (Å²) in [4.78, 5) is 0. The number of hydrogen-bond donors (Lipinski definition) is 0. The average Bonchev–Trinajstić information content (AvgIpc) is 3.29. The van der Waals surface area contributed by atoms with Gasteiger partial charge in [-0.3, -0.25) is 0 Å². The van der Waals surface area contributed by atoms with Crippen LogP contribution in [0.15, 0.2) is 110 Å². The number of nitrogens with zero attached hydrogens (tertiary/aromatic N) is 2. The number of allylic oxidation sites excluding steroid dienone is 1. The van der Waals surface area contributed by atoms with Gasteiger partial charge in [-0.05, 0) is 48.4 Å². The van der Waals surface area contributed by atoms with Crippen LogP contribution in [0.2, 0.25) is 0 Å². The maximum atomic E-state index is 15.6. The predicted molar refractivity (Wildman–Crippen MR) is 144 cm³/mol. The maximum Gasteiger partial charge on any atom is 0.216 e. The summed E-state index contributed by atoms with van der Waals surface area (Å²) in [5.74, 6) is -4.26. The van der Waals surface area contributed by atoms with Gasteiger partial charge in [0.05, 0.1) is 11.1 Å². The van der Waals surface area contributed by atoms with Gasteiger partial charge in [-0.25, -0.2) is 13.2 Å². The van der Waals surface area contributed by atoms with Gasteiger partial charge in [0.2, 0.25) is 11.4 Å². The molecule has 3 unspecified atom stereocenters. The van der Waals surface area contributed by atoms with E-state index in [1.165, 1.54) is 6.07 Å². The number of pyridine rings is 2. The summed E-state index contributed by atoms with van der Waals surface area (Å²) < 4.78 is 49.4. The molecule has 39 heavy (non-hydrogen) atoms. The van der Waals surface area contributed by atoms with E-state index in [9.17, 15) is 8.78 Å². The van der Waals surface area contributed by atoms with Gasteiger partial charge in [0.25, 0.3) is 0 Å². The Hall–Kier alpha value is -4.51. The van der Waals surface area contributed by atoms with Crippen LogP contribution in [0.1, 0.15) is 34.7 Å². The minimum absolute atomic E-state index is 0.0998. The lowest BCUT2D eigenvalue weighted by Gasteiger charge is -2.31. The van der Waals surface area contributed by atoms with Crippen LogP contribution in [0.3, 0.4) is 0 Å². The van der Waals surface area contributed by atoms with Crippen molar-refractivity contribution >= 4 is 0 Å². The molecule has 0 aliphatic carbocycles. The molecule has 0 saturated carbocycles. The lowest BCUT2D eigenvalue weighted by Crippen LogP contribution is -2.53. The molecule has 5 heteroatoms. The summed E-state index contributed by atoms with van der Waals surface area (Å²) in [6, 6.07) is 26.6. The van der Waals surface area contributed by atoms with Crippen LogP contribution in [0.5, 0.6) is 0 Å². The lowest BCUT2D eigenvalue weighted by atomic mass is 9.76. The molecule has 0 amide bonds. The highest BCUT2D eigenvalue weighted by molar-refractivity contribution is 5.70. The van der Waals surface area contributed by atoms with Gasteiger partial charge >= 0.3 is 0 Å². The van der Waals surface area contributed by atoms with Crippen molar-refractivity contribution in [3.8, 4) is 33.6 Å². The maximum absolute atomic E-state index is 15.6. The molecule has 5 aromatic rings. The van der Waals surface area contributed by atoms with Crippen LogP contribution < -0.4 is 9.13 Å². The van der Waals surface area contributed by atoms with E-state index in [0.29, 0.717) is 11.3 Å². The van der Waals surface area contributed by atoms with Crippen molar-refractivity contribution < 1.29 is 22.3 Å². The summed E-state index contributed by atoms with van der Waals surface area (Å²) in [5, 5.41) is 0. The van der Waals surface area contributed by atoms with Crippen LogP contribution in [-0.4, -0.2) is 0 Å². The second-order valence-electron chi connectivity index (χ2n) is 10.3. The fourth-order valence-corrected chi connectivity index (χ4v) is 6.48. The topological polar surface area (TPSA) is 7.76 Å². The zero-order chi connectivity index (χ0) is 26.8. The second-order valence-corrected chi connectivity index (χ2v) is 10.3. The van der Waals surface area contributed by atoms with Crippen molar-refractivity contribution in [1.29, 1.82) is 0 Å². The van der Waals surface area contributed by atoms with Gasteiger partial charge in [-0.15, -0.1) is 0 Å². The van der Waals surface area contributed by atoms with Crippen molar-refractivity contribution in [2.24, 2.45) is 0 Å². The van der Waals surface area contributed by atoms with Crippen molar-refractivity contribution in [2.45, 2.75) is 24.9 Å². The van der Waals surface area contributed by atoms with Crippen LogP contribution in [0.25, 0.3) is 33.6 Å². The predicted octanol–water partition coefficient (Wildman–Crippen LogP) is 7.42. The van der Waals surface area contributed by atoms with E-state index in [0.717, 1.165) is 33.5 Å². The molecule has 7 rings (SSSR count). The number of rotatable bonds is 3. The van der Waals surface area contributed by atoms with Crippen molar-refractivity contribution in [3.05, 3.63) is 144 Å². The number of benzene rings is 3. The standard InChI is InChI=1S/C34H25F3N2/c1-3-27-31(25-17-26(35)32(36)33(37)30(25)29-15-13-20(2)18-38(27)29)34-24-12-8-7-11-23(24)28-16-14-22(19-39(28)34)21-9-5-4-6-10-21/h3-19,27,31,34H,1H2,2H3/q+2. The average molecular weight is 519 g/mol. The SMILES string of the molecule is C=CC1C(C2c3ccccc3-c3ccc(-c4ccccc4)c[n+]32)c2cc(F)c(F)c(F)c2-c2ccc(C)c[n+]21. The fraction of sp³-hybridized carbons (Fsp3) is 0.118. The smallest absolute Gasteiger partial charge is 0.204 e. The van der Waals surface area contributed by atoms with Gasteiger partial charge in [-0.1, -0.05) is 55.1 Å². The van der Waals surface area contributed by atoms with E-state index in [1.54, 1.807) is 6.07 Å². The Morgan fingerprint density at radius 2 is 1.46 bits per heavy atom. The molecule has 2 aromatic heterocycles. The quantitative estimate of drug-likeness (QED) is 0.133. The van der Waals surface area contributed by atoms with E-state index in [1.807, 2.05) is 60.2 Å². The molecule has 0 radical (unpaired) electrons. The lowest BCUT2D eigenvalue weighted by molar-refractivity contribution is -0.739. The summed E-state index contributed by atoms with van der Waals surface area (Å²) in [5.41, 5.74) is 7.24. The van der Waals surface area contributed by atoms with Crippen LogP contribution in [0, 0.1) is 24.4 Å². The second kappa shape index (κ2) is 8.77. The summed E-state index contributed by atoms with van der Waals surface area (Å²) in [6.07, 6.45) is 5.88. The first kappa shape index (κ1) is 23.6. The van der Waals surface area contributed by atoms with E-state index >= 15 is 4.39 Å². The molecule has 0 saturated heterocycles. The first-order valence-corrected chi connectivity index (χ1v) is 13.0. The third-order valence-corrected chi connectivity index (χ3v) is 8.14. The van der Waals surface area contributed by atoms with Gasteiger partial charge in [0.15, 0.2) is 41.9 Å². The molecule has 2 nitrogen and oxygen atoms in total. The molecule has 3 atom stereocenters. The third-order valence-electron chi connectivity index (χ3n) is 8.14. The zero-order valence-electron chi connectivity index (χ0n) is 21.3. The van der Waals surface area contributed by atoms with Crippen LogP contribution in [-0.2, 0) is 0 Å². The number of hydrogen-bond acceptors (Lipinski definition) is 0. The molecule has 190 valence electrons. The van der Waals surface area contributed by atoms with Gasteiger partial charge in [0.1, 0.15) is 5.92 Å². The minimum Gasteiger partial charge on any atom is -0.204 e. The molecular weight excluding hydrogens is 493 g/mol. The largest absolute Gasteiger partial charge is 0.216 e. The van der Waals surface area contributed by atoms with Gasteiger partial charge in [0, 0.05) is 28.8 Å². The Morgan fingerprint density at radius 1 is 0.718 bits per heavy atom. The van der Waals surface area contributed by atoms with E-state index < -0.39 is 23.4 Å². The van der Waals surface area contributed by atoms with Crippen LogP contribution >= 0.6 is 0 Å². The Kier molecular flexibility index (Phi) is 5.31. The highest BCUT2D eigenvalue weighted by atomic mass is 19.2. The summed E-state index contributed by atoms with van der Waals surface area (Å²) in [6.45, 7) is 6.11. The van der Waals surface area contributed by atoms with E-state index in [2.05, 4.69) is 53.7 Å². The van der Waals surface area contributed by atoms with Crippen molar-refractivity contribution in [3.63, 3.8) is 0 Å². The Balaban J connectivity index is 1.54. The zero-order valence-corrected chi connectivity index (χ0v) is 21.3. The number of fused-ring (bicyclic) bond motifs is 6. The minimum atomic E-state index is -1.46. The third kappa shape index (κ3) is 3.42. The van der Waals surface area contributed by atoms with Crippen molar-refractivity contribution in [2.75, 3.05) is 0 Å². The monoisotopic (exact) mass is 518 g/mol. The molecule has 0 bridgehead atoms. The number of aromatic nitrogens is 2. The molecule has 2 aliphatic heterocycles. The Labute approximate surface area is 225 Å². The number of aryl methyl sites for hydroxylation is 1. The molecule has 3 aromatic carbocycles. The molecule has 0 spiro atoms. The molecule has 2 aliphatic rings. The summed E-state index contributed by atoms with van der Waals surface area (Å²) >= 11 is 0. The Morgan fingerprint density at radius 3 is 2.26 bits per heavy atom. The highest BCUT2D eigenvalue weighted by Gasteiger charge is 2.52. The molecule has 4 heterocycles. The number of halogens is 3. The highest BCUT2D eigenvalue weighted by Crippen LogP contribution is 2.50. The van der Waals surface area contributed by atoms with Gasteiger partial charge < -0.3 is 0 Å². The van der Waals surface area contributed by atoms with Gasteiger partial charge in [-0.2, -0.15) is 9.13 Å². The molecular formula is C34H25F3N2+2. The van der Waals surface area contributed by atoms with E-state index in [4.69, 9.17) is 0 Å². The molecule has 0 N–H and O–H groups in total. The van der Waals surface area contributed by atoms with E-state index in [-0.39, 0.29) is 17.6 Å². The first-order valence-electron chi connectivity index (χ1n) is 13.0. The van der Waals surface area contributed by atoms with Crippen molar-refractivity contribution in [1.82, 2.24) is 0 Å². The van der Waals surface area contributed by atoms with Crippen LogP contribution in [0.4, 0.5) is 13.2 Å². The summed E-state index contributed by atoms with van der Waals surface area (Å²) in [7, 11) is 0. The molecule has 0 fully saturated rings.